The van der Waals surface area contributed by atoms with Crippen LogP contribution in [0, 0.1) is 0 Å². The van der Waals surface area contributed by atoms with Gasteiger partial charge >= 0.3 is 6.18 Å². The molecule has 5 nitrogen and oxygen atoms in total. The number of halogens is 3. The number of imidazole rings is 1. The van der Waals surface area contributed by atoms with Gasteiger partial charge < -0.3 is 15.0 Å². The topological polar surface area (TPSA) is 67.2 Å². The van der Waals surface area contributed by atoms with Crippen molar-refractivity contribution in [3.8, 4) is 0 Å². The maximum atomic E-state index is 13.0. The number of aryl methyl sites for hydroxylation is 1. The molecule has 1 aromatic rings. The number of hydrogen-bond acceptors (Lipinski definition) is 3. The van der Waals surface area contributed by atoms with Gasteiger partial charge in [-0.3, -0.25) is 4.79 Å². The van der Waals surface area contributed by atoms with Crippen molar-refractivity contribution >= 4 is 5.91 Å². The summed E-state index contributed by atoms with van der Waals surface area (Å²) in [7, 11) is 1.36. The van der Waals surface area contributed by atoms with Gasteiger partial charge in [0.1, 0.15) is 5.82 Å². The molecule has 1 amide bonds. The van der Waals surface area contributed by atoms with Gasteiger partial charge in [-0.05, 0) is 0 Å². The predicted octanol–water partition coefficient (Wildman–Crippen LogP) is 1.09. The van der Waals surface area contributed by atoms with Gasteiger partial charge in [-0.25, -0.2) is 4.98 Å². The summed E-state index contributed by atoms with van der Waals surface area (Å²) in [6.07, 6.45) is -2.89. The Morgan fingerprint density at radius 3 is 2.58 bits per heavy atom. The summed E-state index contributed by atoms with van der Waals surface area (Å²) in [5, 5.41) is 12.2. The van der Waals surface area contributed by atoms with E-state index in [1.807, 2.05) is 0 Å². The highest BCUT2D eigenvalue weighted by Gasteiger charge is 2.57. The van der Waals surface area contributed by atoms with E-state index in [1.54, 1.807) is 6.92 Å². The predicted molar refractivity (Wildman–Crippen MR) is 61.1 cm³/mol. The van der Waals surface area contributed by atoms with E-state index in [0.29, 0.717) is 0 Å². The van der Waals surface area contributed by atoms with E-state index in [-0.39, 0.29) is 18.9 Å². The van der Waals surface area contributed by atoms with Crippen LogP contribution in [-0.4, -0.2) is 33.3 Å². The third-order valence-electron chi connectivity index (χ3n) is 2.79. The van der Waals surface area contributed by atoms with Crippen LogP contribution < -0.4 is 5.32 Å². The van der Waals surface area contributed by atoms with Crippen LogP contribution in [0.3, 0.4) is 0 Å². The number of hydrogen-bond donors (Lipinski definition) is 2. The second-order valence-electron chi connectivity index (χ2n) is 4.17. The minimum atomic E-state index is -4.87. The first-order valence-corrected chi connectivity index (χ1v) is 5.76. The number of aliphatic hydroxyl groups is 1. The van der Waals surface area contributed by atoms with Crippen molar-refractivity contribution in [3.05, 3.63) is 18.2 Å². The SMILES string of the molecule is CCC(=O)NCCC(O)(c1nccn1C)C(F)(F)F. The molecule has 0 aliphatic heterocycles. The smallest absolute Gasteiger partial charge is 0.374 e. The fourth-order valence-electron chi connectivity index (χ4n) is 1.65. The largest absolute Gasteiger partial charge is 0.424 e. The maximum Gasteiger partial charge on any atom is 0.424 e. The van der Waals surface area contributed by atoms with E-state index in [9.17, 15) is 23.1 Å². The van der Waals surface area contributed by atoms with Crippen molar-refractivity contribution in [1.82, 2.24) is 14.9 Å². The summed E-state index contributed by atoms with van der Waals surface area (Å²) in [6, 6.07) is 0. The minimum absolute atomic E-state index is 0.173. The number of carbonyl (C=O) groups excluding carboxylic acids is 1. The molecule has 0 saturated carbocycles. The number of alkyl halides is 3. The van der Waals surface area contributed by atoms with Crippen molar-refractivity contribution in [2.24, 2.45) is 7.05 Å². The summed E-state index contributed by atoms with van der Waals surface area (Å²) in [5.74, 6) is -0.866. The standard InChI is InChI=1S/C11H16F3N3O2/c1-3-8(18)15-5-4-10(19,11(12,13)14)9-16-6-7-17(9)2/h6-7,19H,3-5H2,1-2H3,(H,15,18). The van der Waals surface area contributed by atoms with Crippen molar-refractivity contribution in [2.75, 3.05) is 6.54 Å². The molecule has 0 aliphatic carbocycles. The lowest BCUT2D eigenvalue weighted by molar-refractivity contribution is -0.272. The first kappa shape index (κ1) is 15.5. The Morgan fingerprint density at radius 1 is 1.53 bits per heavy atom. The zero-order valence-corrected chi connectivity index (χ0v) is 10.7. The molecule has 1 unspecified atom stereocenters. The number of amides is 1. The number of aromatic nitrogens is 2. The second kappa shape index (κ2) is 5.60. The van der Waals surface area contributed by atoms with E-state index < -0.39 is 24.0 Å². The van der Waals surface area contributed by atoms with Gasteiger partial charge in [0.25, 0.3) is 0 Å². The summed E-state index contributed by atoms with van der Waals surface area (Å²) in [4.78, 5) is 14.6. The summed E-state index contributed by atoms with van der Waals surface area (Å²) < 4.78 is 40.2. The average Bonchev–Trinajstić information content (AvgIpc) is 2.73. The first-order chi connectivity index (χ1) is 8.72. The highest BCUT2D eigenvalue weighted by molar-refractivity contribution is 5.75. The Labute approximate surface area is 108 Å². The van der Waals surface area contributed by atoms with E-state index in [1.165, 1.54) is 19.4 Å². The Bertz CT molecular complexity index is 445. The monoisotopic (exact) mass is 279 g/mol. The molecule has 1 heterocycles. The van der Waals surface area contributed by atoms with Crippen LogP contribution in [-0.2, 0) is 17.4 Å². The van der Waals surface area contributed by atoms with Gasteiger partial charge in [0.15, 0.2) is 0 Å². The molecule has 2 N–H and O–H groups in total. The van der Waals surface area contributed by atoms with E-state index in [4.69, 9.17) is 0 Å². The van der Waals surface area contributed by atoms with Crippen LogP contribution in [0.5, 0.6) is 0 Å². The Morgan fingerprint density at radius 2 is 2.16 bits per heavy atom. The first-order valence-electron chi connectivity index (χ1n) is 5.76. The van der Waals surface area contributed by atoms with Gasteiger partial charge in [-0.15, -0.1) is 0 Å². The fourth-order valence-corrected chi connectivity index (χ4v) is 1.65. The van der Waals surface area contributed by atoms with Gasteiger partial charge in [0.05, 0.1) is 0 Å². The summed E-state index contributed by atoms with van der Waals surface area (Å²) in [5.41, 5.74) is -3.08. The lowest BCUT2D eigenvalue weighted by Gasteiger charge is -2.29. The molecule has 8 heteroatoms. The lowest BCUT2D eigenvalue weighted by Crippen LogP contribution is -2.46. The normalized spacial score (nSPS) is 15.1. The number of nitrogens with one attached hydrogen (secondary N) is 1. The molecule has 1 aromatic heterocycles. The number of nitrogens with zero attached hydrogens (tertiary/aromatic N) is 2. The summed E-state index contributed by atoms with van der Waals surface area (Å²) >= 11 is 0. The van der Waals surface area contributed by atoms with Gasteiger partial charge in [0, 0.05) is 38.8 Å². The van der Waals surface area contributed by atoms with Gasteiger partial charge in [0.2, 0.25) is 11.5 Å². The van der Waals surface area contributed by atoms with Crippen LogP contribution in [0.4, 0.5) is 13.2 Å². The van der Waals surface area contributed by atoms with Gasteiger partial charge in [-0.1, -0.05) is 6.92 Å². The summed E-state index contributed by atoms with van der Waals surface area (Å²) in [6.45, 7) is 1.31. The Hall–Kier alpha value is -1.57. The lowest BCUT2D eigenvalue weighted by atomic mass is 9.97. The number of carbonyl (C=O) groups is 1. The van der Waals surface area contributed by atoms with Crippen molar-refractivity contribution < 1.29 is 23.1 Å². The Balaban J connectivity index is 2.90. The molecule has 0 saturated heterocycles. The third kappa shape index (κ3) is 3.25. The van der Waals surface area contributed by atoms with Crippen molar-refractivity contribution in [1.29, 1.82) is 0 Å². The molecular weight excluding hydrogens is 263 g/mol. The van der Waals surface area contributed by atoms with Gasteiger partial charge in [-0.2, -0.15) is 13.2 Å². The second-order valence-corrected chi connectivity index (χ2v) is 4.17. The molecular formula is C11H16F3N3O2. The zero-order valence-electron chi connectivity index (χ0n) is 10.7. The highest BCUT2D eigenvalue weighted by Crippen LogP contribution is 2.40. The van der Waals surface area contributed by atoms with Crippen LogP contribution in [0.2, 0.25) is 0 Å². The minimum Gasteiger partial charge on any atom is -0.374 e. The fraction of sp³-hybridized carbons (Fsp3) is 0.636. The molecule has 0 aliphatic rings. The third-order valence-corrected chi connectivity index (χ3v) is 2.79. The van der Waals surface area contributed by atoms with Crippen LogP contribution in [0.25, 0.3) is 0 Å². The molecule has 0 radical (unpaired) electrons. The molecule has 0 fully saturated rings. The molecule has 1 atom stereocenters. The van der Waals surface area contributed by atoms with E-state index in [2.05, 4.69) is 10.3 Å². The molecule has 1 rings (SSSR count). The highest BCUT2D eigenvalue weighted by atomic mass is 19.4. The molecule has 0 spiro atoms. The van der Waals surface area contributed by atoms with Crippen LogP contribution in [0.1, 0.15) is 25.6 Å². The van der Waals surface area contributed by atoms with Crippen molar-refractivity contribution in [3.63, 3.8) is 0 Å². The molecule has 0 aromatic carbocycles. The molecule has 0 bridgehead atoms. The average molecular weight is 279 g/mol. The molecule has 108 valence electrons. The zero-order chi connectivity index (χ0) is 14.7. The molecule has 19 heavy (non-hydrogen) atoms. The van der Waals surface area contributed by atoms with E-state index in [0.717, 1.165) is 4.57 Å². The van der Waals surface area contributed by atoms with E-state index >= 15 is 0 Å². The maximum absolute atomic E-state index is 13.0. The number of rotatable bonds is 5. The van der Waals surface area contributed by atoms with Crippen LogP contribution in [0.15, 0.2) is 12.4 Å². The Kier molecular flexibility index (Phi) is 4.56. The van der Waals surface area contributed by atoms with Crippen LogP contribution >= 0.6 is 0 Å². The quantitative estimate of drug-likeness (QED) is 0.847. The van der Waals surface area contributed by atoms with Crippen molar-refractivity contribution in [2.45, 2.75) is 31.5 Å².